The molecular formula is C14H20N2O3. The normalized spacial score (nSPS) is 15.7. The molecule has 0 spiro atoms. The Balaban J connectivity index is 2.19. The fourth-order valence-corrected chi connectivity index (χ4v) is 2.21. The predicted octanol–water partition coefficient (Wildman–Crippen LogP) is 1.16. The molecule has 0 saturated heterocycles. The van der Waals surface area contributed by atoms with E-state index in [9.17, 15) is 4.79 Å². The molecule has 1 aromatic carbocycles. The number of rotatable bonds is 6. The first kappa shape index (κ1) is 13.7. The van der Waals surface area contributed by atoms with Crippen LogP contribution in [-0.4, -0.2) is 26.7 Å². The first-order chi connectivity index (χ1) is 9.15. The van der Waals surface area contributed by atoms with Crippen molar-refractivity contribution in [2.75, 3.05) is 20.8 Å². The molecule has 2 rings (SSSR count). The number of benzene rings is 1. The van der Waals surface area contributed by atoms with Crippen molar-refractivity contribution < 1.29 is 14.3 Å². The van der Waals surface area contributed by atoms with Crippen molar-refractivity contribution in [2.24, 2.45) is 5.73 Å². The van der Waals surface area contributed by atoms with Crippen LogP contribution < -0.4 is 20.5 Å². The Morgan fingerprint density at radius 2 is 2.00 bits per heavy atom. The summed E-state index contributed by atoms with van der Waals surface area (Å²) in [5.74, 6) is 1.37. The summed E-state index contributed by atoms with van der Waals surface area (Å²) in [5.41, 5.74) is 6.20. The molecule has 0 aliphatic heterocycles. The van der Waals surface area contributed by atoms with E-state index in [0.717, 1.165) is 18.4 Å². The lowest BCUT2D eigenvalue weighted by atomic mass is 10.0. The first-order valence-electron chi connectivity index (χ1n) is 6.39. The van der Waals surface area contributed by atoms with Gasteiger partial charge in [0.25, 0.3) is 0 Å². The number of nitrogens with one attached hydrogen (secondary N) is 1. The van der Waals surface area contributed by atoms with Gasteiger partial charge in [-0.15, -0.1) is 0 Å². The average Bonchev–Trinajstić information content (AvgIpc) is 3.19. The molecule has 0 bridgehead atoms. The fraction of sp³-hybridized carbons (Fsp3) is 0.500. The summed E-state index contributed by atoms with van der Waals surface area (Å²) in [6.45, 7) is 0.369. The third-order valence-corrected chi connectivity index (χ3v) is 3.44. The van der Waals surface area contributed by atoms with Gasteiger partial charge >= 0.3 is 0 Å². The van der Waals surface area contributed by atoms with E-state index in [0.29, 0.717) is 24.5 Å². The molecule has 0 atom stereocenters. The van der Waals surface area contributed by atoms with E-state index >= 15 is 0 Å². The van der Waals surface area contributed by atoms with Crippen LogP contribution in [0.3, 0.4) is 0 Å². The lowest BCUT2D eigenvalue weighted by Crippen LogP contribution is -2.35. The third-order valence-electron chi connectivity index (χ3n) is 3.44. The predicted molar refractivity (Wildman–Crippen MR) is 72.3 cm³/mol. The molecule has 5 heteroatoms. The van der Waals surface area contributed by atoms with Crippen LogP contribution in [0.25, 0.3) is 0 Å². The Labute approximate surface area is 113 Å². The zero-order valence-corrected chi connectivity index (χ0v) is 11.4. The van der Waals surface area contributed by atoms with Crippen LogP contribution in [0.15, 0.2) is 18.2 Å². The number of methoxy groups -OCH3 is 2. The van der Waals surface area contributed by atoms with E-state index in [1.54, 1.807) is 14.2 Å². The van der Waals surface area contributed by atoms with E-state index in [4.69, 9.17) is 15.2 Å². The smallest absolute Gasteiger partial charge is 0.221 e. The maximum absolute atomic E-state index is 11.7. The summed E-state index contributed by atoms with van der Waals surface area (Å²) in [6.07, 6.45) is 2.24. The van der Waals surface area contributed by atoms with Crippen molar-refractivity contribution in [2.45, 2.75) is 24.8 Å². The van der Waals surface area contributed by atoms with Crippen molar-refractivity contribution in [1.29, 1.82) is 0 Å². The Bertz CT molecular complexity index is 470. The van der Waals surface area contributed by atoms with E-state index in [2.05, 4.69) is 5.32 Å². The highest BCUT2D eigenvalue weighted by molar-refractivity contribution is 5.77. The minimum absolute atomic E-state index is 0.00483. The molecule has 3 N–H and O–H groups in total. The van der Waals surface area contributed by atoms with Crippen LogP contribution in [0.5, 0.6) is 11.5 Å². The molecule has 0 unspecified atom stereocenters. The Kier molecular flexibility index (Phi) is 3.95. The minimum atomic E-state index is -0.244. The molecule has 1 saturated carbocycles. The van der Waals surface area contributed by atoms with Crippen LogP contribution in [0.2, 0.25) is 0 Å². The van der Waals surface area contributed by atoms with Gasteiger partial charge in [0.05, 0.1) is 19.8 Å². The van der Waals surface area contributed by atoms with E-state index in [1.807, 2.05) is 18.2 Å². The summed E-state index contributed by atoms with van der Waals surface area (Å²) in [5, 5.41) is 3.06. The highest BCUT2D eigenvalue weighted by Gasteiger charge is 2.45. The molecule has 1 amide bonds. The molecule has 1 fully saturated rings. The molecular weight excluding hydrogens is 244 g/mol. The van der Waals surface area contributed by atoms with Gasteiger partial charge in [0, 0.05) is 13.0 Å². The zero-order chi connectivity index (χ0) is 13.9. The van der Waals surface area contributed by atoms with E-state index in [1.165, 1.54) is 0 Å². The number of hydrogen-bond donors (Lipinski definition) is 2. The zero-order valence-electron chi connectivity index (χ0n) is 11.4. The maximum atomic E-state index is 11.7. The number of amides is 1. The molecule has 5 nitrogen and oxygen atoms in total. The molecule has 19 heavy (non-hydrogen) atoms. The van der Waals surface area contributed by atoms with Gasteiger partial charge in [0.1, 0.15) is 0 Å². The highest BCUT2D eigenvalue weighted by atomic mass is 16.5. The van der Waals surface area contributed by atoms with Gasteiger partial charge in [-0.3, -0.25) is 4.79 Å². The second-order valence-corrected chi connectivity index (χ2v) is 4.74. The topological polar surface area (TPSA) is 73.6 Å². The highest BCUT2D eigenvalue weighted by Crippen LogP contribution is 2.47. The molecule has 104 valence electrons. The third kappa shape index (κ3) is 2.81. The van der Waals surface area contributed by atoms with Crippen LogP contribution in [0.4, 0.5) is 0 Å². The molecule has 1 aliphatic carbocycles. The molecule has 0 aromatic heterocycles. The van der Waals surface area contributed by atoms with Crippen molar-refractivity contribution in [1.82, 2.24) is 5.32 Å². The molecule has 0 radical (unpaired) electrons. The summed E-state index contributed by atoms with van der Waals surface area (Å²) in [4.78, 5) is 11.7. The average molecular weight is 264 g/mol. The molecule has 1 aromatic rings. The number of hydrogen-bond acceptors (Lipinski definition) is 4. The second kappa shape index (κ2) is 5.48. The summed E-state index contributed by atoms with van der Waals surface area (Å²) < 4.78 is 10.5. The van der Waals surface area contributed by atoms with Crippen molar-refractivity contribution >= 4 is 5.91 Å². The van der Waals surface area contributed by atoms with E-state index < -0.39 is 0 Å². The lowest BCUT2D eigenvalue weighted by molar-refractivity contribution is -0.121. The summed E-state index contributed by atoms with van der Waals surface area (Å²) in [7, 11) is 3.21. The summed E-state index contributed by atoms with van der Waals surface area (Å²) in [6, 6.07) is 5.76. The van der Waals surface area contributed by atoms with Crippen LogP contribution in [0.1, 0.15) is 24.8 Å². The van der Waals surface area contributed by atoms with E-state index in [-0.39, 0.29) is 11.4 Å². The Hall–Kier alpha value is -1.75. The van der Waals surface area contributed by atoms with Crippen LogP contribution in [0, 0.1) is 0 Å². The molecule has 0 heterocycles. The van der Waals surface area contributed by atoms with Crippen molar-refractivity contribution in [3.63, 3.8) is 0 Å². The van der Waals surface area contributed by atoms with Crippen molar-refractivity contribution in [3.05, 3.63) is 23.8 Å². The SMILES string of the molecule is COc1ccc(C2(NC(=O)CCN)CC2)cc1OC. The van der Waals surface area contributed by atoms with Gasteiger partial charge < -0.3 is 20.5 Å². The lowest BCUT2D eigenvalue weighted by Gasteiger charge is -2.19. The second-order valence-electron chi connectivity index (χ2n) is 4.74. The standard InChI is InChI=1S/C14H20N2O3/c1-18-11-4-3-10(9-12(11)19-2)14(6-7-14)16-13(17)5-8-15/h3-4,9H,5-8,15H2,1-2H3,(H,16,17). The van der Waals surface area contributed by atoms with Gasteiger partial charge in [-0.1, -0.05) is 6.07 Å². The Morgan fingerprint density at radius 3 is 2.53 bits per heavy atom. The van der Waals surface area contributed by atoms with Crippen LogP contribution >= 0.6 is 0 Å². The summed E-state index contributed by atoms with van der Waals surface area (Å²) >= 11 is 0. The number of carbonyl (C=O) groups excluding carboxylic acids is 1. The fourth-order valence-electron chi connectivity index (χ4n) is 2.21. The number of nitrogens with two attached hydrogens (primary N) is 1. The Morgan fingerprint density at radius 1 is 1.32 bits per heavy atom. The molecule has 1 aliphatic rings. The van der Waals surface area contributed by atoms with Crippen LogP contribution in [-0.2, 0) is 10.3 Å². The van der Waals surface area contributed by atoms with Gasteiger partial charge in [0.15, 0.2) is 11.5 Å². The quantitative estimate of drug-likeness (QED) is 0.808. The van der Waals surface area contributed by atoms with Gasteiger partial charge in [-0.25, -0.2) is 0 Å². The van der Waals surface area contributed by atoms with Gasteiger partial charge in [0.2, 0.25) is 5.91 Å². The van der Waals surface area contributed by atoms with Crippen molar-refractivity contribution in [3.8, 4) is 11.5 Å². The number of carbonyl (C=O) groups is 1. The minimum Gasteiger partial charge on any atom is -0.493 e. The maximum Gasteiger partial charge on any atom is 0.221 e. The largest absolute Gasteiger partial charge is 0.493 e. The monoisotopic (exact) mass is 264 g/mol. The first-order valence-corrected chi connectivity index (χ1v) is 6.39. The van der Waals surface area contributed by atoms with Gasteiger partial charge in [-0.2, -0.15) is 0 Å². The number of ether oxygens (including phenoxy) is 2. The van der Waals surface area contributed by atoms with Gasteiger partial charge in [-0.05, 0) is 30.5 Å².